The zero-order chi connectivity index (χ0) is 17.8. The highest BCUT2D eigenvalue weighted by Gasteiger charge is 2.28. The van der Waals surface area contributed by atoms with E-state index in [0.29, 0.717) is 16.4 Å². The molecular formula is C18H23N3O3S. The van der Waals surface area contributed by atoms with Crippen molar-refractivity contribution in [1.29, 1.82) is 0 Å². The highest BCUT2D eigenvalue weighted by molar-refractivity contribution is 8.18. The van der Waals surface area contributed by atoms with E-state index in [1.807, 2.05) is 24.3 Å². The van der Waals surface area contributed by atoms with Crippen LogP contribution in [0.25, 0.3) is 6.08 Å². The van der Waals surface area contributed by atoms with Crippen LogP contribution >= 0.6 is 11.8 Å². The SMILES string of the molecule is CCN1CCN(C2=NC(=O)/C(=C\c3cccc(OC)c3OC)S2)CC1. The van der Waals surface area contributed by atoms with Crippen LogP contribution in [0.2, 0.25) is 0 Å². The first-order valence-electron chi connectivity index (χ1n) is 8.37. The van der Waals surface area contributed by atoms with Crippen LogP contribution in [0.4, 0.5) is 0 Å². The molecule has 7 heteroatoms. The summed E-state index contributed by atoms with van der Waals surface area (Å²) >= 11 is 1.43. The fraction of sp³-hybridized carbons (Fsp3) is 0.444. The van der Waals surface area contributed by atoms with E-state index in [1.165, 1.54) is 11.8 Å². The van der Waals surface area contributed by atoms with Gasteiger partial charge >= 0.3 is 0 Å². The number of rotatable bonds is 4. The molecule has 1 aromatic rings. The van der Waals surface area contributed by atoms with Gasteiger partial charge in [0.2, 0.25) is 0 Å². The van der Waals surface area contributed by atoms with Gasteiger partial charge in [-0.25, -0.2) is 0 Å². The standard InChI is InChI=1S/C18H23N3O3S/c1-4-20-8-10-21(11-9-20)18-19-17(22)15(25-18)12-13-6-5-7-14(23-2)16(13)24-3/h5-7,12H,4,8-11H2,1-3H3/b15-12+. The van der Waals surface area contributed by atoms with Crippen molar-refractivity contribution in [1.82, 2.24) is 9.80 Å². The number of benzene rings is 1. The van der Waals surface area contributed by atoms with E-state index in [4.69, 9.17) is 9.47 Å². The van der Waals surface area contributed by atoms with Gasteiger partial charge in [0.05, 0.1) is 19.1 Å². The minimum Gasteiger partial charge on any atom is -0.493 e. The number of carbonyl (C=O) groups is 1. The summed E-state index contributed by atoms with van der Waals surface area (Å²) in [5.41, 5.74) is 0.810. The Morgan fingerprint density at radius 1 is 1.20 bits per heavy atom. The highest BCUT2D eigenvalue weighted by atomic mass is 32.2. The molecule has 0 atom stereocenters. The van der Waals surface area contributed by atoms with Crippen LogP contribution < -0.4 is 9.47 Å². The monoisotopic (exact) mass is 361 g/mol. The van der Waals surface area contributed by atoms with Crippen LogP contribution in [0.5, 0.6) is 11.5 Å². The zero-order valence-electron chi connectivity index (χ0n) is 14.8. The smallest absolute Gasteiger partial charge is 0.286 e. The summed E-state index contributed by atoms with van der Waals surface area (Å²) in [7, 11) is 3.19. The van der Waals surface area contributed by atoms with Gasteiger partial charge < -0.3 is 19.3 Å². The quantitative estimate of drug-likeness (QED) is 0.767. The number of nitrogens with zero attached hydrogens (tertiary/aromatic N) is 3. The van der Waals surface area contributed by atoms with Gasteiger partial charge in [-0.1, -0.05) is 19.1 Å². The number of piperazine rings is 1. The summed E-state index contributed by atoms with van der Waals surface area (Å²) in [6.07, 6.45) is 1.83. The van der Waals surface area contributed by atoms with Gasteiger partial charge in [0.1, 0.15) is 0 Å². The number of amides is 1. The molecule has 0 spiro atoms. The Bertz CT molecular complexity index is 710. The Hall–Kier alpha value is -1.99. The van der Waals surface area contributed by atoms with E-state index in [9.17, 15) is 4.79 Å². The number of aliphatic imine (C=N–C) groups is 1. The van der Waals surface area contributed by atoms with Crippen molar-refractivity contribution in [2.45, 2.75) is 6.92 Å². The van der Waals surface area contributed by atoms with Gasteiger partial charge in [0, 0.05) is 31.7 Å². The first-order valence-corrected chi connectivity index (χ1v) is 9.18. The number of ether oxygens (including phenoxy) is 2. The maximum absolute atomic E-state index is 12.3. The van der Waals surface area contributed by atoms with Crippen LogP contribution in [-0.2, 0) is 4.79 Å². The zero-order valence-corrected chi connectivity index (χ0v) is 15.6. The lowest BCUT2D eigenvalue weighted by Crippen LogP contribution is -2.47. The maximum atomic E-state index is 12.3. The van der Waals surface area contributed by atoms with E-state index in [0.717, 1.165) is 43.5 Å². The molecule has 0 unspecified atom stereocenters. The lowest BCUT2D eigenvalue weighted by Gasteiger charge is -2.34. The third kappa shape index (κ3) is 3.82. The lowest BCUT2D eigenvalue weighted by atomic mass is 10.1. The van der Waals surface area contributed by atoms with Crippen LogP contribution in [-0.4, -0.2) is 67.8 Å². The molecule has 1 saturated heterocycles. The summed E-state index contributed by atoms with van der Waals surface area (Å²) in [4.78, 5) is 21.8. The van der Waals surface area contributed by atoms with Crippen molar-refractivity contribution in [2.75, 3.05) is 46.9 Å². The number of thioether (sulfide) groups is 1. The molecule has 2 heterocycles. The third-order valence-electron chi connectivity index (χ3n) is 4.42. The van der Waals surface area contributed by atoms with Gasteiger partial charge in [-0.05, 0) is 30.4 Å². The molecule has 0 N–H and O–H groups in total. The summed E-state index contributed by atoms with van der Waals surface area (Å²) in [6.45, 7) is 7.06. The molecule has 1 amide bonds. The number of para-hydroxylation sites is 1. The topological polar surface area (TPSA) is 54.4 Å². The first-order chi connectivity index (χ1) is 12.2. The summed E-state index contributed by atoms with van der Waals surface area (Å²) in [6, 6.07) is 5.61. The van der Waals surface area contributed by atoms with Gasteiger partial charge in [0.25, 0.3) is 5.91 Å². The second-order valence-corrected chi connectivity index (χ2v) is 6.82. The number of carbonyl (C=O) groups excluding carboxylic acids is 1. The molecule has 1 aromatic carbocycles. The summed E-state index contributed by atoms with van der Waals surface area (Å²) < 4.78 is 10.8. The van der Waals surface area contributed by atoms with Crippen molar-refractivity contribution in [2.24, 2.45) is 4.99 Å². The van der Waals surface area contributed by atoms with Crippen molar-refractivity contribution in [3.8, 4) is 11.5 Å². The summed E-state index contributed by atoms with van der Waals surface area (Å²) in [5, 5.41) is 0.800. The molecule has 1 fully saturated rings. The highest BCUT2D eigenvalue weighted by Crippen LogP contribution is 2.36. The van der Waals surface area contributed by atoms with E-state index in [-0.39, 0.29) is 5.91 Å². The minimum atomic E-state index is -0.192. The molecule has 6 nitrogen and oxygen atoms in total. The van der Waals surface area contributed by atoms with Crippen LogP contribution in [0.1, 0.15) is 12.5 Å². The number of amidine groups is 1. The Morgan fingerprint density at radius 3 is 2.60 bits per heavy atom. The molecule has 134 valence electrons. The van der Waals surface area contributed by atoms with Crippen molar-refractivity contribution in [3.05, 3.63) is 28.7 Å². The van der Waals surface area contributed by atoms with E-state index >= 15 is 0 Å². The molecule has 25 heavy (non-hydrogen) atoms. The number of methoxy groups -OCH3 is 2. The Kier molecular flexibility index (Phi) is 5.65. The van der Waals surface area contributed by atoms with E-state index in [2.05, 4.69) is 21.7 Å². The molecule has 0 aliphatic carbocycles. The second-order valence-electron chi connectivity index (χ2n) is 5.81. The average molecular weight is 361 g/mol. The van der Waals surface area contributed by atoms with Gasteiger partial charge in [0.15, 0.2) is 16.7 Å². The fourth-order valence-electron chi connectivity index (χ4n) is 2.96. The largest absolute Gasteiger partial charge is 0.493 e. The number of likely N-dealkylation sites (N-methyl/N-ethyl adjacent to an activating group) is 1. The van der Waals surface area contributed by atoms with Gasteiger partial charge in [-0.15, -0.1) is 0 Å². The maximum Gasteiger partial charge on any atom is 0.286 e. The van der Waals surface area contributed by atoms with E-state index < -0.39 is 0 Å². The number of hydrogen-bond acceptors (Lipinski definition) is 6. The predicted molar refractivity (Wildman–Crippen MR) is 101 cm³/mol. The minimum absolute atomic E-state index is 0.192. The van der Waals surface area contributed by atoms with Crippen molar-refractivity contribution in [3.63, 3.8) is 0 Å². The fourth-order valence-corrected chi connectivity index (χ4v) is 3.91. The molecule has 0 radical (unpaired) electrons. The predicted octanol–water partition coefficient (Wildman–Crippen LogP) is 2.31. The molecule has 0 saturated carbocycles. The molecule has 2 aliphatic heterocycles. The number of hydrogen-bond donors (Lipinski definition) is 0. The van der Waals surface area contributed by atoms with Crippen LogP contribution in [0.3, 0.4) is 0 Å². The van der Waals surface area contributed by atoms with Crippen LogP contribution in [0, 0.1) is 0 Å². The second kappa shape index (κ2) is 7.93. The molecule has 0 bridgehead atoms. The van der Waals surface area contributed by atoms with Crippen molar-refractivity contribution < 1.29 is 14.3 Å². The average Bonchev–Trinajstić information content (AvgIpc) is 3.02. The van der Waals surface area contributed by atoms with Gasteiger partial charge in [-0.3, -0.25) is 4.79 Å². The summed E-state index contributed by atoms with van der Waals surface area (Å²) in [5.74, 6) is 1.07. The molecule has 2 aliphatic rings. The lowest BCUT2D eigenvalue weighted by molar-refractivity contribution is -0.113. The Balaban J connectivity index is 1.76. The van der Waals surface area contributed by atoms with Crippen molar-refractivity contribution >= 4 is 28.9 Å². The molecular weight excluding hydrogens is 338 g/mol. The third-order valence-corrected chi connectivity index (χ3v) is 5.46. The molecule has 0 aromatic heterocycles. The van der Waals surface area contributed by atoms with Gasteiger partial charge in [-0.2, -0.15) is 4.99 Å². The Labute approximate surface area is 152 Å². The molecule has 3 rings (SSSR count). The Morgan fingerprint density at radius 2 is 1.96 bits per heavy atom. The normalized spacial score (nSPS) is 20.1. The first kappa shape index (κ1) is 17.8. The van der Waals surface area contributed by atoms with Crippen LogP contribution in [0.15, 0.2) is 28.1 Å². The van der Waals surface area contributed by atoms with E-state index in [1.54, 1.807) is 14.2 Å².